The SMILES string of the molecule is C[C@H]1CCc2c(sc3nc(S[C@@H]4CCCCN(C(=O)c5ccc(Cl)cc5)C4=O)n(-c4ccccc4)c(=O)c23)C1. The first-order chi connectivity index (χ1) is 18.9. The number of carbonyl (C=O) groups excluding carboxylic acids is 2. The molecular weight excluding hydrogens is 550 g/mol. The third-order valence-corrected chi connectivity index (χ3v) is 10.1. The van der Waals surface area contributed by atoms with Crippen LogP contribution in [0, 0.1) is 5.92 Å². The minimum atomic E-state index is -0.530. The Balaban J connectivity index is 1.41. The summed E-state index contributed by atoms with van der Waals surface area (Å²) in [5, 5.41) is 1.20. The van der Waals surface area contributed by atoms with Crippen molar-refractivity contribution in [1.82, 2.24) is 14.5 Å². The zero-order valence-electron chi connectivity index (χ0n) is 21.6. The van der Waals surface area contributed by atoms with E-state index in [4.69, 9.17) is 16.6 Å². The Kier molecular flexibility index (Phi) is 7.35. The number of hydrogen-bond acceptors (Lipinski definition) is 6. The van der Waals surface area contributed by atoms with Gasteiger partial charge in [0.1, 0.15) is 4.83 Å². The number of benzene rings is 2. The summed E-state index contributed by atoms with van der Waals surface area (Å²) in [5.74, 6) is 0.0160. The van der Waals surface area contributed by atoms with Gasteiger partial charge in [0.15, 0.2) is 5.16 Å². The van der Waals surface area contributed by atoms with E-state index >= 15 is 0 Å². The lowest BCUT2D eigenvalue weighted by molar-refractivity contribution is -0.127. The molecule has 6 nitrogen and oxygen atoms in total. The monoisotopic (exact) mass is 577 g/mol. The molecule has 0 bridgehead atoms. The fourth-order valence-corrected chi connectivity index (χ4v) is 8.21. The fraction of sp³-hybridized carbons (Fsp3) is 0.333. The van der Waals surface area contributed by atoms with E-state index < -0.39 is 5.25 Å². The molecule has 0 unspecified atom stereocenters. The second kappa shape index (κ2) is 10.9. The number of thiophene rings is 1. The van der Waals surface area contributed by atoms with Gasteiger partial charge in [0.25, 0.3) is 11.5 Å². The van der Waals surface area contributed by atoms with Crippen LogP contribution in [0.4, 0.5) is 0 Å². The summed E-state index contributed by atoms with van der Waals surface area (Å²) >= 11 is 8.91. The first kappa shape index (κ1) is 26.3. The summed E-state index contributed by atoms with van der Waals surface area (Å²) in [5.41, 5.74) is 2.20. The quantitative estimate of drug-likeness (QED) is 0.203. The molecular formula is C30H28ClN3O3S2. The second-order valence-electron chi connectivity index (χ2n) is 10.3. The standard InChI is InChI=1S/C30H28ClN3O3S2/c1-18-10-15-22-24(17-18)38-26-25(22)29(37)34(21-7-3-2-4-8-21)30(32-26)39-23-9-5-6-16-33(28(23)36)27(35)19-11-13-20(31)14-12-19/h2-4,7-8,11-14,18,23H,5-6,9-10,15-17H2,1H3/t18-,23+/m0/s1. The molecule has 2 amide bonds. The average Bonchev–Trinajstić information content (AvgIpc) is 3.20. The molecule has 39 heavy (non-hydrogen) atoms. The normalized spacial score (nSPS) is 19.6. The van der Waals surface area contributed by atoms with Crippen LogP contribution >= 0.6 is 34.7 Å². The molecule has 0 N–H and O–H groups in total. The first-order valence-electron chi connectivity index (χ1n) is 13.3. The van der Waals surface area contributed by atoms with Gasteiger partial charge in [-0.3, -0.25) is 23.9 Å². The largest absolute Gasteiger partial charge is 0.278 e. The molecule has 1 aliphatic carbocycles. The molecule has 200 valence electrons. The topological polar surface area (TPSA) is 72.3 Å². The number of likely N-dealkylation sites (tertiary alicyclic amines) is 1. The number of thioether (sulfide) groups is 1. The number of hydrogen-bond donors (Lipinski definition) is 0. The lowest BCUT2D eigenvalue weighted by atomic mass is 9.89. The van der Waals surface area contributed by atoms with Crippen LogP contribution in [0.15, 0.2) is 64.5 Å². The Labute approximate surface area is 240 Å². The third-order valence-electron chi connectivity index (χ3n) is 7.54. The molecule has 4 aromatic rings. The number of carbonyl (C=O) groups is 2. The Morgan fingerprint density at radius 2 is 1.82 bits per heavy atom. The number of aromatic nitrogens is 2. The molecule has 9 heteroatoms. The van der Waals surface area contributed by atoms with Crippen LogP contribution in [0.1, 0.15) is 53.4 Å². The van der Waals surface area contributed by atoms with E-state index in [0.717, 1.165) is 48.2 Å². The highest BCUT2D eigenvalue weighted by molar-refractivity contribution is 8.00. The van der Waals surface area contributed by atoms with Crippen molar-refractivity contribution in [2.75, 3.05) is 6.54 Å². The number of nitrogens with zero attached hydrogens (tertiary/aromatic N) is 3. The van der Waals surface area contributed by atoms with E-state index in [2.05, 4.69) is 6.92 Å². The van der Waals surface area contributed by atoms with E-state index in [1.54, 1.807) is 40.2 Å². The van der Waals surface area contributed by atoms with Crippen LogP contribution in [0.25, 0.3) is 15.9 Å². The zero-order valence-corrected chi connectivity index (χ0v) is 24.0. The van der Waals surface area contributed by atoms with Crippen molar-refractivity contribution in [3.05, 3.63) is 86.0 Å². The molecule has 2 atom stereocenters. The van der Waals surface area contributed by atoms with Crippen molar-refractivity contribution in [2.45, 2.75) is 55.9 Å². The van der Waals surface area contributed by atoms with Gasteiger partial charge in [-0.15, -0.1) is 11.3 Å². The van der Waals surface area contributed by atoms with Gasteiger partial charge >= 0.3 is 0 Å². The highest BCUT2D eigenvalue weighted by atomic mass is 35.5. The van der Waals surface area contributed by atoms with Crippen molar-refractivity contribution in [2.24, 2.45) is 5.92 Å². The molecule has 2 aromatic heterocycles. The molecule has 0 radical (unpaired) electrons. The maximum Gasteiger partial charge on any atom is 0.267 e. The van der Waals surface area contributed by atoms with Gasteiger partial charge in [-0.2, -0.15) is 0 Å². The number of aryl methyl sites for hydroxylation is 1. The number of imide groups is 1. The van der Waals surface area contributed by atoms with Gasteiger partial charge in [0, 0.05) is 22.0 Å². The number of halogens is 1. The number of rotatable bonds is 4. The predicted octanol–water partition coefficient (Wildman–Crippen LogP) is 6.54. The van der Waals surface area contributed by atoms with E-state index in [1.165, 1.54) is 21.5 Å². The van der Waals surface area contributed by atoms with E-state index in [-0.39, 0.29) is 17.4 Å². The zero-order chi connectivity index (χ0) is 27.1. The molecule has 2 aliphatic rings. The van der Waals surface area contributed by atoms with E-state index in [1.807, 2.05) is 30.3 Å². The molecule has 1 aliphatic heterocycles. The summed E-state index contributed by atoms with van der Waals surface area (Å²) in [4.78, 5) is 49.5. The minimum Gasteiger partial charge on any atom is -0.278 e. The Morgan fingerprint density at radius 1 is 1.05 bits per heavy atom. The van der Waals surface area contributed by atoms with Gasteiger partial charge in [-0.25, -0.2) is 4.98 Å². The third kappa shape index (κ3) is 5.06. The van der Waals surface area contributed by atoms with Gasteiger partial charge in [0.2, 0.25) is 5.91 Å². The van der Waals surface area contributed by atoms with Gasteiger partial charge < -0.3 is 0 Å². The number of amides is 2. The average molecular weight is 578 g/mol. The molecule has 3 heterocycles. The first-order valence-corrected chi connectivity index (χ1v) is 15.4. The van der Waals surface area contributed by atoms with Crippen molar-refractivity contribution in [1.29, 1.82) is 0 Å². The Hall–Kier alpha value is -2.94. The second-order valence-corrected chi connectivity index (χ2v) is 13.0. The predicted molar refractivity (Wildman–Crippen MR) is 157 cm³/mol. The van der Waals surface area contributed by atoms with E-state index in [0.29, 0.717) is 40.0 Å². The molecule has 1 saturated heterocycles. The Morgan fingerprint density at radius 3 is 2.59 bits per heavy atom. The fourth-order valence-electron chi connectivity index (χ4n) is 5.45. The molecule has 2 aromatic carbocycles. The lowest BCUT2D eigenvalue weighted by Crippen LogP contribution is -2.41. The van der Waals surface area contributed by atoms with Crippen molar-refractivity contribution >= 4 is 56.7 Å². The highest BCUT2D eigenvalue weighted by Gasteiger charge is 2.34. The van der Waals surface area contributed by atoms with Crippen molar-refractivity contribution in [3.63, 3.8) is 0 Å². The van der Waals surface area contributed by atoms with Crippen LogP contribution in [0.5, 0.6) is 0 Å². The van der Waals surface area contributed by atoms with E-state index in [9.17, 15) is 14.4 Å². The van der Waals surface area contributed by atoms with Gasteiger partial charge in [-0.05, 0) is 80.0 Å². The maximum atomic E-state index is 14.1. The lowest BCUT2D eigenvalue weighted by Gasteiger charge is -2.23. The molecule has 6 rings (SSSR count). The van der Waals surface area contributed by atoms with Crippen LogP contribution < -0.4 is 5.56 Å². The van der Waals surface area contributed by atoms with Crippen LogP contribution in [0.2, 0.25) is 5.02 Å². The van der Waals surface area contributed by atoms with Crippen molar-refractivity contribution in [3.8, 4) is 5.69 Å². The molecule has 0 spiro atoms. The molecule has 0 saturated carbocycles. The van der Waals surface area contributed by atoms with Crippen LogP contribution in [-0.2, 0) is 17.6 Å². The molecule has 1 fully saturated rings. The summed E-state index contributed by atoms with van der Waals surface area (Å²) in [6, 6.07) is 16.1. The van der Waals surface area contributed by atoms with Crippen LogP contribution in [-0.4, -0.2) is 38.1 Å². The maximum absolute atomic E-state index is 14.1. The number of para-hydroxylation sites is 1. The highest BCUT2D eigenvalue weighted by Crippen LogP contribution is 2.38. The van der Waals surface area contributed by atoms with Gasteiger partial charge in [-0.1, -0.05) is 54.9 Å². The number of fused-ring (bicyclic) bond motifs is 3. The van der Waals surface area contributed by atoms with Gasteiger partial charge in [0.05, 0.1) is 16.3 Å². The summed E-state index contributed by atoms with van der Waals surface area (Å²) in [7, 11) is 0. The van der Waals surface area contributed by atoms with Crippen molar-refractivity contribution < 1.29 is 9.59 Å². The minimum absolute atomic E-state index is 0.0871. The van der Waals surface area contributed by atoms with Crippen LogP contribution in [0.3, 0.4) is 0 Å². The summed E-state index contributed by atoms with van der Waals surface area (Å²) in [6.45, 7) is 2.62. The Bertz CT molecular complexity index is 1610. The summed E-state index contributed by atoms with van der Waals surface area (Å²) < 4.78 is 1.65. The smallest absolute Gasteiger partial charge is 0.267 e. The summed E-state index contributed by atoms with van der Waals surface area (Å²) in [6.07, 6.45) is 5.06.